The van der Waals surface area contributed by atoms with Gasteiger partial charge in [-0.2, -0.15) is 0 Å². The zero-order valence-electron chi connectivity index (χ0n) is 20.7. The van der Waals surface area contributed by atoms with Gasteiger partial charge in [0.15, 0.2) is 12.7 Å². The molecule has 0 spiro atoms. The summed E-state index contributed by atoms with van der Waals surface area (Å²) >= 11 is 0. The van der Waals surface area contributed by atoms with Crippen LogP contribution in [-0.4, -0.2) is 97.4 Å². The smallest absolute Gasteiger partial charge is 0.366 e. The number of esters is 5. The van der Waals surface area contributed by atoms with Crippen LogP contribution in [0.25, 0.3) is 10.4 Å². The molecule has 0 aromatic heterocycles. The number of methoxy groups -OCH3 is 1. The second kappa shape index (κ2) is 14.0. The first kappa shape index (κ1) is 31.1. The van der Waals surface area contributed by atoms with E-state index in [1.54, 1.807) is 0 Å². The van der Waals surface area contributed by atoms with E-state index >= 15 is 0 Å². The van der Waals surface area contributed by atoms with Gasteiger partial charge < -0.3 is 38.8 Å². The van der Waals surface area contributed by atoms with Crippen LogP contribution in [0.1, 0.15) is 34.1 Å². The number of aliphatic hydroxyl groups is 1. The Kier molecular flexibility index (Phi) is 11.7. The summed E-state index contributed by atoms with van der Waals surface area (Å²) < 4.78 is 30.3. The Morgan fingerprint density at radius 1 is 1.08 bits per heavy atom. The van der Waals surface area contributed by atoms with Gasteiger partial charge >= 0.3 is 29.8 Å². The van der Waals surface area contributed by atoms with Crippen molar-refractivity contribution in [3.63, 3.8) is 0 Å². The summed E-state index contributed by atoms with van der Waals surface area (Å²) in [4.78, 5) is 74.1. The Morgan fingerprint density at radius 3 is 2.19 bits per heavy atom. The molecule has 0 saturated carbocycles. The van der Waals surface area contributed by atoms with E-state index in [1.807, 2.05) is 0 Å². The number of hydrogen-bond acceptors (Lipinski definition) is 14. The van der Waals surface area contributed by atoms with Gasteiger partial charge in [0.1, 0.15) is 18.3 Å². The van der Waals surface area contributed by atoms with E-state index in [-0.39, 0.29) is 0 Å². The summed E-state index contributed by atoms with van der Waals surface area (Å²) in [5, 5.41) is 16.6. The largest absolute Gasteiger partial charge is 0.465 e. The predicted octanol–water partition coefficient (Wildman–Crippen LogP) is -1.21. The zero-order chi connectivity index (χ0) is 28.3. The average molecular weight is 532 g/mol. The van der Waals surface area contributed by atoms with Crippen molar-refractivity contribution in [1.82, 2.24) is 5.32 Å². The second-order valence-electron chi connectivity index (χ2n) is 7.72. The molecule has 0 unspecified atom stereocenters. The summed E-state index contributed by atoms with van der Waals surface area (Å²) in [7, 11) is 0.930. The Morgan fingerprint density at radius 2 is 1.70 bits per heavy atom. The highest BCUT2D eigenvalue weighted by molar-refractivity contribution is 5.81. The fraction of sp³-hybridized carbons (Fsp3) is 0.700. The fourth-order valence-corrected chi connectivity index (χ4v) is 3.50. The maximum atomic E-state index is 12.5. The molecule has 0 aliphatic carbocycles. The Bertz CT molecular complexity index is 947. The quantitative estimate of drug-likeness (QED) is 0.104. The van der Waals surface area contributed by atoms with Crippen molar-refractivity contribution >= 4 is 35.8 Å². The number of amides is 1. The molecule has 0 aromatic carbocycles. The summed E-state index contributed by atoms with van der Waals surface area (Å²) in [5.74, 6) is -8.62. The lowest BCUT2D eigenvalue weighted by Gasteiger charge is -2.47. The van der Waals surface area contributed by atoms with Crippen LogP contribution in [0.4, 0.5) is 0 Å². The van der Waals surface area contributed by atoms with Gasteiger partial charge in [0, 0.05) is 32.6 Å². The number of rotatable bonds is 11. The van der Waals surface area contributed by atoms with Crippen LogP contribution in [0, 0.1) is 0 Å². The number of carbonyl (C=O) groups excluding carboxylic acids is 6. The predicted molar refractivity (Wildman–Crippen MR) is 116 cm³/mol. The third kappa shape index (κ3) is 9.55. The maximum Gasteiger partial charge on any atom is 0.366 e. The molecule has 206 valence electrons. The molecular weight excluding hydrogens is 504 g/mol. The van der Waals surface area contributed by atoms with E-state index in [9.17, 15) is 33.9 Å². The van der Waals surface area contributed by atoms with Crippen molar-refractivity contribution in [2.45, 2.75) is 70.4 Å². The molecule has 0 radical (unpaired) electrons. The topological polar surface area (TPSA) is 239 Å². The highest BCUT2D eigenvalue weighted by Gasteiger charge is 2.57. The molecular formula is C20H28N4O13. The molecule has 0 bridgehead atoms. The van der Waals surface area contributed by atoms with E-state index in [4.69, 9.17) is 24.5 Å². The van der Waals surface area contributed by atoms with E-state index in [2.05, 4.69) is 24.8 Å². The van der Waals surface area contributed by atoms with Crippen molar-refractivity contribution in [1.29, 1.82) is 0 Å². The first-order valence-corrected chi connectivity index (χ1v) is 10.7. The third-order valence-corrected chi connectivity index (χ3v) is 4.75. The minimum Gasteiger partial charge on any atom is -0.465 e. The van der Waals surface area contributed by atoms with Crippen molar-refractivity contribution < 1.29 is 62.3 Å². The van der Waals surface area contributed by atoms with E-state index in [0.717, 1.165) is 34.8 Å². The van der Waals surface area contributed by atoms with Gasteiger partial charge in [0.2, 0.25) is 0 Å². The van der Waals surface area contributed by atoms with Crippen molar-refractivity contribution in [2.24, 2.45) is 5.11 Å². The molecule has 17 heteroatoms. The van der Waals surface area contributed by atoms with Crippen LogP contribution in [0.2, 0.25) is 0 Å². The monoisotopic (exact) mass is 532 g/mol. The van der Waals surface area contributed by atoms with Crippen molar-refractivity contribution in [3.05, 3.63) is 10.4 Å². The fourth-order valence-electron chi connectivity index (χ4n) is 3.50. The molecule has 1 amide bonds. The molecule has 1 aliphatic rings. The van der Waals surface area contributed by atoms with Gasteiger partial charge in [-0.1, -0.05) is 5.11 Å². The van der Waals surface area contributed by atoms with Crippen LogP contribution < -0.4 is 5.32 Å². The summed E-state index contributed by atoms with van der Waals surface area (Å²) in [6, 6.07) is -1.50. The van der Waals surface area contributed by atoms with Gasteiger partial charge in [-0.25, -0.2) is 4.79 Å². The van der Waals surface area contributed by atoms with E-state index in [0.29, 0.717) is 0 Å². The zero-order valence-corrected chi connectivity index (χ0v) is 20.7. The van der Waals surface area contributed by atoms with Gasteiger partial charge in [-0.3, -0.25) is 24.0 Å². The first-order chi connectivity index (χ1) is 17.2. The first-order valence-electron chi connectivity index (χ1n) is 10.7. The standard InChI is InChI=1S/C20H28N4O13/c1-9(25)33-8-15(29)23-16-13(34-10(2)26)6-20(31,19(30)32-5)37-18(16)17(36-12(4)28)14(7-22-24-21)35-11(3)27/h13-14,16-18,31H,6-8H2,1-5H3,(H,23,29)/t13-,14+,16+,17+,18+,20-/m0/s1. The molecule has 6 atom stereocenters. The van der Waals surface area contributed by atoms with Crippen LogP contribution in [-0.2, 0) is 57.2 Å². The van der Waals surface area contributed by atoms with Crippen LogP contribution in [0.15, 0.2) is 5.11 Å². The van der Waals surface area contributed by atoms with Crippen LogP contribution in [0.3, 0.4) is 0 Å². The minimum absolute atomic E-state index is 0.614. The second-order valence-corrected chi connectivity index (χ2v) is 7.72. The maximum absolute atomic E-state index is 12.5. The normalized spacial score (nSPS) is 24.2. The van der Waals surface area contributed by atoms with Gasteiger partial charge in [0.25, 0.3) is 11.7 Å². The lowest BCUT2D eigenvalue weighted by Crippen LogP contribution is -2.69. The van der Waals surface area contributed by atoms with Gasteiger partial charge in [0.05, 0.1) is 26.1 Å². The lowest BCUT2D eigenvalue weighted by atomic mass is 9.88. The highest BCUT2D eigenvalue weighted by Crippen LogP contribution is 2.34. The molecule has 1 rings (SSSR count). The Hall–Kier alpha value is -3.95. The lowest BCUT2D eigenvalue weighted by molar-refractivity contribution is -0.298. The van der Waals surface area contributed by atoms with Gasteiger partial charge in [-0.05, 0) is 5.53 Å². The molecule has 1 saturated heterocycles. The molecule has 1 aliphatic heterocycles. The third-order valence-electron chi connectivity index (χ3n) is 4.75. The van der Waals surface area contributed by atoms with Crippen molar-refractivity contribution in [2.75, 3.05) is 20.3 Å². The highest BCUT2D eigenvalue weighted by atomic mass is 16.7. The molecule has 37 heavy (non-hydrogen) atoms. The van der Waals surface area contributed by atoms with Crippen LogP contribution >= 0.6 is 0 Å². The van der Waals surface area contributed by atoms with E-state index in [1.165, 1.54) is 0 Å². The number of azide groups is 1. The SMILES string of the molecule is COC(=O)[C@]1(O)C[C@H](OC(C)=O)[C@@H](NC(=O)COC(C)=O)[C@H]([C@H](OC(C)=O)[C@@H](CN=[N+]=[N-])OC(C)=O)O1. The van der Waals surface area contributed by atoms with E-state index < -0.39 is 91.6 Å². The summed E-state index contributed by atoms with van der Waals surface area (Å²) in [6.07, 6.45) is -7.37. The number of carbonyl (C=O) groups is 6. The van der Waals surface area contributed by atoms with Gasteiger partial charge in [-0.15, -0.1) is 0 Å². The Labute approximate surface area is 210 Å². The number of hydrogen-bond donors (Lipinski definition) is 2. The summed E-state index contributed by atoms with van der Waals surface area (Å²) in [6.45, 7) is 2.63. The number of nitrogens with one attached hydrogen (secondary N) is 1. The van der Waals surface area contributed by atoms with Crippen LogP contribution in [0.5, 0.6) is 0 Å². The Balaban J connectivity index is 3.68. The molecule has 1 fully saturated rings. The summed E-state index contributed by atoms with van der Waals surface area (Å²) in [5.41, 5.74) is 8.75. The molecule has 1 heterocycles. The minimum atomic E-state index is -2.80. The number of nitrogens with zero attached hydrogens (tertiary/aromatic N) is 3. The average Bonchev–Trinajstić information content (AvgIpc) is 2.79. The molecule has 17 nitrogen and oxygen atoms in total. The molecule has 0 aromatic rings. The number of ether oxygens (including phenoxy) is 6. The van der Waals surface area contributed by atoms with Crippen molar-refractivity contribution in [3.8, 4) is 0 Å². The molecule has 2 N–H and O–H groups in total.